The average Bonchev–Trinajstić information content (AvgIpc) is 2.61. The monoisotopic (exact) mass is 223 g/mol. The molecule has 0 aliphatic carbocycles. The molecule has 1 aromatic heterocycles. The van der Waals surface area contributed by atoms with Crippen LogP contribution in [0.25, 0.3) is 0 Å². The molecule has 1 N–H and O–H groups in total. The molecule has 0 saturated heterocycles. The Balaban J connectivity index is 2.62. The second-order valence-electron chi connectivity index (χ2n) is 3.65. The Hall–Kier alpha value is -1.08. The molecule has 3 nitrogen and oxygen atoms in total. The minimum absolute atomic E-state index is 0.680. The zero-order valence-electron chi connectivity index (χ0n) is 9.50. The van der Waals surface area contributed by atoms with Gasteiger partial charge in [-0.2, -0.15) is 9.64 Å². The molecule has 82 valence electrons. The van der Waals surface area contributed by atoms with Crippen molar-refractivity contribution >= 4 is 16.5 Å². The first-order valence-electron chi connectivity index (χ1n) is 5.33. The first-order valence-corrected chi connectivity index (χ1v) is 6.10. The number of hydrogen-bond donors (Lipinski definition) is 1. The van der Waals surface area contributed by atoms with Crippen molar-refractivity contribution in [2.75, 3.05) is 11.9 Å². The SMILES string of the molecule is CCC(CC)CNc1snc(C)c1C#N. The molecule has 1 heterocycles. The van der Waals surface area contributed by atoms with E-state index in [0.717, 1.165) is 17.2 Å². The maximum absolute atomic E-state index is 8.94. The van der Waals surface area contributed by atoms with Gasteiger partial charge in [0.25, 0.3) is 0 Å². The van der Waals surface area contributed by atoms with Gasteiger partial charge in [0.05, 0.1) is 5.69 Å². The average molecular weight is 223 g/mol. The molecule has 0 amide bonds. The maximum atomic E-state index is 8.94. The van der Waals surface area contributed by atoms with E-state index in [0.29, 0.717) is 11.5 Å². The van der Waals surface area contributed by atoms with Gasteiger partial charge in [0.1, 0.15) is 16.6 Å². The normalized spacial score (nSPS) is 10.3. The van der Waals surface area contributed by atoms with Gasteiger partial charge in [-0.3, -0.25) is 0 Å². The van der Waals surface area contributed by atoms with Crippen LogP contribution in [0.15, 0.2) is 0 Å². The Morgan fingerprint density at radius 1 is 1.47 bits per heavy atom. The number of aryl methyl sites for hydroxylation is 1. The summed E-state index contributed by atoms with van der Waals surface area (Å²) >= 11 is 1.38. The molecule has 0 fully saturated rings. The molecule has 1 aromatic rings. The third kappa shape index (κ3) is 2.93. The Morgan fingerprint density at radius 2 is 2.13 bits per heavy atom. The van der Waals surface area contributed by atoms with Crippen molar-refractivity contribution in [2.45, 2.75) is 33.6 Å². The molecular weight excluding hydrogens is 206 g/mol. The highest BCUT2D eigenvalue weighted by atomic mass is 32.1. The van der Waals surface area contributed by atoms with E-state index in [1.807, 2.05) is 6.92 Å². The molecule has 0 aromatic carbocycles. The predicted octanol–water partition coefficient (Wildman–Crippen LogP) is 3.17. The highest BCUT2D eigenvalue weighted by molar-refractivity contribution is 7.10. The molecule has 15 heavy (non-hydrogen) atoms. The van der Waals surface area contributed by atoms with Crippen LogP contribution in [0.4, 0.5) is 5.00 Å². The zero-order valence-corrected chi connectivity index (χ0v) is 10.3. The predicted molar refractivity (Wildman–Crippen MR) is 64.1 cm³/mol. The van der Waals surface area contributed by atoms with E-state index in [-0.39, 0.29) is 0 Å². The van der Waals surface area contributed by atoms with E-state index in [9.17, 15) is 0 Å². The molecule has 0 bridgehead atoms. The molecule has 0 spiro atoms. The van der Waals surface area contributed by atoms with Crippen LogP contribution in [0.5, 0.6) is 0 Å². The molecule has 0 saturated carbocycles. The lowest BCUT2D eigenvalue weighted by Crippen LogP contribution is -2.12. The number of nitrogens with zero attached hydrogens (tertiary/aromatic N) is 2. The van der Waals surface area contributed by atoms with E-state index >= 15 is 0 Å². The number of nitriles is 1. The quantitative estimate of drug-likeness (QED) is 0.834. The number of hydrogen-bond acceptors (Lipinski definition) is 4. The Kier molecular flexibility index (Phi) is 4.57. The largest absolute Gasteiger partial charge is 0.374 e. The lowest BCUT2D eigenvalue weighted by atomic mass is 10.0. The van der Waals surface area contributed by atoms with Gasteiger partial charge in [-0.05, 0) is 24.4 Å². The van der Waals surface area contributed by atoms with Crippen LogP contribution in [-0.4, -0.2) is 10.9 Å². The summed E-state index contributed by atoms with van der Waals surface area (Å²) in [6.07, 6.45) is 2.34. The smallest absolute Gasteiger partial charge is 0.127 e. The minimum Gasteiger partial charge on any atom is -0.374 e. The maximum Gasteiger partial charge on any atom is 0.127 e. The van der Waals surface area contributed by atoms with E-state index in [4.69, 9.17) is 5.26 Å². The van der Waals surface area contributed by atoms with Crippen molar-refractivity contribution < 1.29 is 0 Å². The van der Waals surface area contributed by atoms with Crippen molar-refractivity contribution in [3.8, 4) is 6.07 Å². The van der Waals surface area contributed by atoms with E-state index in [2.05, 4.69) is 29.6 Å². The number of nitrogens with one attached hydrogen (secondary N) is 1. The van der Waals surface area contributed by atoms with Crippen LogP contribution >= 0.6 is 11.5 Å². The van der Waals surface area contributed by atoms with Gasteiger partial charge in [0, 0.05) is 6.54 Å². The van der Waals surface area contributed by atoms with E-state index < -0.39 is 0 Å². The second-order valence-corrected chi connectivity index (χ2v) is 4.42. The Bertz CT molecular complexity index is 347. The number of aromatic nitrogens is 1. The van der Waals surface area contributed by atoms with Gasteiger partial charge >= 0.3 is 0 Å². The van der Waals surface area contributed by atoms with Crippen LogP contribution in [0.1, 0.15) is 37.9 Å². The van der Waals surface area contributed by atoms with E-state index in [1.165, 1.54) is 24.4 Å². The summed E-state index contributed by atoms with van der Waals surface area (Å²) in [4.78, 5) is 0. The van der Waals surface area contributed by atoms with Crippen LogP contribution < -0.4 is 5.32 Å². The molecule has 0 unspecified atom stereocenters. The summed E-state index contributed by atoms with van der Waals surface area (Å²) in [5.41, 5.74) is 1.53. The van der Waals surface area contributed by atoms with Gasteiger partial charge in [-0.1, -0.05) is 26.7 Å². The second kappa shape index (κ2) is 5.72. The van der Waals surface area contributed by atoms with Gasteiger partial charge < -0.3 is 5.32 Å². The standard InChI is InChI=1S/C11H17N3S/c1-4-9(5-2)7-13-11-10(6-12)8(3)14-15-11/h9,13H,4-5,7H2,1-3H3. The first kappa shape index (κ1) is 12.0. The van der Waals surface area contributed by atoms with Gasteiger partial charge in [-0.15, -0.1) is 0 Å². The summed E-state index contributed by atoms with van der Waals surface area (Å²) in [5, 5.41) is 13.2. The summed E-state index contributed by atoms with van der Waals surface area (Å²) in [6.45, 7) is 7.19. The van der Waals surface area contributed by atoms with Crippen molar-refractivity contribution in [1.82, 2.24) is 4.37 Å². The number of anilines is 1. The van der Waals surface area contributed by atoms with E-state index in [1.54, 1.807) is 0 Å². The molecule has 4 heteroatoms. The van der Waals surface area contributed by atoms with Gasteiger partial charge in [0.15, 0.2) is 0 Å². The van der Waals surface area contributed by atoms with Gasteiger partial charge in [-0.25, -0.2) is 0 Å². The summed E-state index contributed by atoms with van der Waals surface area (Å²) < 4.78 is 4.17. The van der Waals surface area contributed by atoms with Crippen LogP contribution in [-0.2, 0) is 0 Å². The minimum atomic E-state index is 0.680. The highest BCUT2D eigenvalue weighted by Gasteiger charge is 2.11. The summed E-state index contributed by atoms with van der Waals surface area (Å²) in [7, 11) is 0. The fourth-order valence-electron chi connectivity index (χ4n) is 1.44. The Morgan fingerprint density at radius 3 is 2.67 bits per heavy atom. The van der Waals surface area contributed by atoms with Crippen LogP contribution in [0.2, 0.25) is 0 Å². The van der Waals surface area contributed by atoms with Crippen LogP contribution in [0, 0.1) is 24.2 Å². The van der Waals surface area contributed by atoms with Crippen molar-refractivity contribution in [3.05, 3.63) is 11.3 Å². The van der Waals surface area contributed by atoms with Crippen molar-refractivity contribution in [1.29, 1.82) is 5.26 Å². The third-order valence-electron chi connectivity index (χ3n) is 2.68. The zero-order chi connectivity index (χ0) is 11.3. The Labute approximate surface area is 95.3 Å². The first-order chi connectivity index (χ1) is 7.22. The van der Waals surface area contributed by atoms with Crippen molar-refractivity contribution in [2.24, 2.45) is 5.92 Å². The van der Waals surface area contributed by atoms with Crippen LogP contribution in [0.3, 0.4) is 0 Å². The lowest BCUT2D eigenvalue weighted by molar-refractivity contribution is 0.519. The molecule has 0 radical (unpaired) electrons. The molecule has 0 aliphatic heterocycles. The molecule has 1 rings (SSSR count). The number of rotatable bonds is 5. The molecule has 0 atom stereocenters. The fraction of sp³-hybridized carbons (Fsp3) is 0.636. The van der Waals surface area contributed by atoms with Crippen molar-refractivity contribution in [3.63, 3.8) is 0 Å². The highest BCUT2D eigenvalue weighted by Crippen LogP contribution is 2.24. The lowest BCUT2D eigenvalue weighted by Gasteiger charge is -2.12. The summed E-state index contributed by atoms with van der Waals surface area (Å²) in [6, 6.07) is 2.19. The third-order valence-corrected chi connectivity index (χ3v) is 3.58. The topological polar surface area (TPSA) is 48.7 Å². The fourth-order valence-corrected chi connectivity index (χ4v) is 2.19. The molecular formula is C11H17N3S. The summed E-state index contributed by atoms with van der Waals surface area (Å²) in [5.74, 6) is 0.680. The van der Waals surface area contributed by atoms with Gasteiger partial charge in [0.2, 0.25) is 0 Å². The molecule has 0 aliphatic rings.